The third kappa shape index (κ3) is 2.16. The van der Waals surface area contributed by atoms with Gasteiger partial charge in [0.2, 0.25) is 5.91 Å². The van der Waals surface area contributed by atoms with Crippen molar-refractivity contribution >= 4 is 17.6 Å². The number of anilines is 1. The predicted molar refractivity (Wildman–Crippen MR) is 99.0 cm³/mol. The monoisotopic (exact) mass is 368 g/mol. The van der Waals surface area contributed by atoms with Gasteiger partial charge in [-0.3, -0.25) is 9.69 Å². The van der Waals surface area contributed by atoms with Gasteiger partial charge in [-0.1, -0.05) is 18.2 Å². The molecule has 0 aliphatic carbocycles. The second kappa shape index (κ2) is 5.83. The SMILES string of the molecule is COC(=O)C1=CO[C@H](C)[C@@H]2CN3CC[C@]4(C(=O)Nc5ccccc54)[C@@H]3C[C@H]12. The summed E-state index contributed by atoms with van der Waals surface area (Å²) in [7, 11) is 1.41. The van der Waals surface area contributed by atoms with E-state index in [2.05, 4.69) is 23.2 Å². The molecule has 2 saturated heterocycles. The van der Waals surface area contributed by atoms with Gasteiger partial charge in [0.15, 0.2) is 0 Å². The number of hydrogen-bond acceptors (Lipinski definition) is 5. The van der Waals surface area contributed by atoms with Crippen molar-refractivity contribution in [3.63, 3.8) is 0 Å². The molecule has 5 rings (SSSR count). The van der Waals surface area contributed by atoms with Crippen LogP contribution in [-0.4, -0.2) is 49.1 Å². The van der Waals surface area contributed by atoms with E-state index in [1.165, 1.54) is 7.11 Å². The molecule has 1 spiro atoms. The highest BCUT2D eigenvalue weighted by Gasteiger charge is 2.61. The number of hydrogen-bond donors (Lipinski definition) is 1. The Morgan fingerprint density at radius 3 is 3.00 bits per heavy atom. The van der Waals surface area contributed by atoms with E-state index in [1.54, 1.807) is 6.26 Å². The van der Waals surface area contributed by atoms with Crippen molar-refractivity contribution < 1.29 is 19.1 Å². The Kier molecular flexibility index (Phi) is 3.63. The van der Waals surface area contributed by atoms with E-state index in [0.717, 1.165) is 37.2 Å². The first kappa shape index (κ1) is 16.8. The number of carbonyl (C=O) groups excluding carboxylic acids is 2. The van der Waals surface area contributed by atoms with Crippen molar-refractivity contribution in [2.75, 3.05) is 25.5 Å². The average molecular weight is 368 g/mol. The highest BCUT2D eigenvalue weighted by Crippen LogP contribution is 2.53. The number of fused-ring (bicyclic) bond motifs is 5. The molecule has 0 radical (unpaired) electrons. The third-order valence-corrected chi connectivity index (χ3v) is 7.14. The zero-order valence-corrected chi connectivity index (χ0v) is 15.6. The molecule has 0 aromatic heterocycles. The Bertz CT molecular complexity index is 850. The lowest BCUT2D eigenvalue weighted by atomic mass is 9.66. The quantitative estimate of drug-likeness (QED) is 0.769. The summed E-state index contributed by atoms with van der Waals surface area (Å²) >= 11 is 0. The van der Waals surface area contributed by atoms with Gasteiger partial charge in [0.25, 0.3) is 0 Å². The summed E-state index contributed by atoms with van der Waals surface area (Å²) in [5.41, 5.74) is 2.11. The Labute approximate surface area is 158 Å². The van der Waals surface area contributed by atoms with Gasteiger partial charge in [-0.15, -0.1) is 0 Å². The molecular weight excluding hydrogens is 344 g/mol. The molecule has 4 heterocycles. The molecule has 2 fully saturated rings. The zero-order chi connectivity index (χ0) is 18.8. The standard InChI is InChI=1S/C21H24N2O4/c1-12-14-10-23-8-7-21(16-5-3-4-6-17(16)22-20(21)25)18(23)9-13(14)15(11-27-12)19(24)26-2/h3-6,11-14,18H,7-10H2,1-2H3,(H,22,25)/t12-,13+,14+,18+,21-/m1/s1. The molecule has 4 aliphatic rings. The molecule has 0 bridgehead atoms. The maximum Gasteiger partial charge on any atom is 0.337 e. The minimum absolute atomic E-state index is 0.0468. The van der Waals surface area contributed by atoms with Crippen LogP contribution in [-0.2, 0) is 24.5 Å². The number of methoxy groups -OCH3 is 1. The third-order valence-electron chi connectivity index (χ3n) is 7.14. The van der Waals surface area contributed by atoms with Crippen LogP contribution in [0.1, 0.15) is 25.3 Å². The van der Waals surface area contributed by atoms with Crippen molar-refractivity contribution in [2.45, 2.75) is 37.3 Å². The number of amides is 1. The first-order chi connectivity index (χ1) is 13.1. The summed E-state index contributed by atoms with van der Waals surface area (Å²) in [6.45, 7) is 3.79. The summed E-state index contributed by atoms with van der Waals surface area (Å²) in [5.74, 6) is 0.0558. The first-order valence-electron chi connectivity index (χ1n) is 9.65. The van der Waals surface area contributed by atoms with Crippen molar-refractivity contribution in [3.05, 3.63) is 41.7 Å². The molecule has 1 amide bonds. The maximum atomic E-state index is 13.1. The van der Waals surface area contributed by atoms with E-state index in [0.29, 0.717) is 5.57 Å². The Hall–Kier alpha value is -2.34. The van der Waals surface area contributed by atoms with Crippen LogP contribution in [0, 0.1) is 11.8 Å². The number of benzene rings is 1. The first-order valence-corrected chi connectivity index (χ1v) is 9.65. The Balaban J connectivity index is 1.55. The van der Waals surface area contributed by atoms with E-state index in [1.807, 2.05) is 18.2 Å². The van der Waals surface area contributed by atoms with Gasteiger partial charge in [0.05, 0.1) is 30.5 Å². The van der Waals surface area contributed by atoms with Crippen LogP contribution in [0.2, 0.25) is 0 Å². The molecule has 1 N–H and O–H groups in total. The van der Waals surface area contributed by atoms with Crippen molar-refractivity contribution in [1.82, 2.24) is 4.90 Å². The summed E-state index contributed by atoms with van der Waals surface area (Å²) in [4.78, 5) is 27.9. The highest BCUT2D eigenvalue weighted by molar-refractivity contribution is 6.07. The van der Waals surface area contributed by atoms with E-state index >= 15 is 0 Å². The molecule has 1 aromatic carbocycles. The van der Waals surface area contributed by atoms with E-state index in [4.69, 9.17) is 9.47 Å². The van der Waals surface area contributed by atoms with Crippen LogP contribution in [0.4, 0.5) is 5.69 Å². The molecule has 142 valence electrons. The highest BCUT2D eigenvalue weighted by atomic mass is 16.5. The smallest absolute Gasteiger partial charge is 0.337 e. The van der Waals surface area contributed by atoms with Gasteiger partial charge in [0.1, 0.15) is 0 Å². The number of nitrogens with zero attached hydrogens (tertiary/aromatic N) is 1. The molecule has 1 aromatic rings. The molecule has 27 heavy (non-hydrogen) atoms. The number of ether oxygens (including phenoxy) is 2. The molecule has 4 aliphatic heterocycles. The largest absolute Gasteiger partial charge is 0.497 e. The fourth-order valence-electron chi connectivity index (χ4n) is 5.77. The summed E-state index contributed by atoms with van der Waals surface area (Å²) in [5, 5.41) is 3.09. The number of piperidine rings is 1. The topological polar surface area (TPSA) is 67.9 Å². The fraction of sp³-hybridized carbons (Fsp3) is 0.524. The molecular formula is C21H24N2O4. The van der Waals surface area contributed by atoms with Crippen LogP contribution in [0.5, 0.6) is 0 Å². The van der Waals surface area contributed by atoms with Crippen molar-refractivity contribution in [1.29, 1.82) is 0 Å². The number of nitrogens with one attached hydrogen (secondary N) is 1. The van der Waals surface area contributed by atoms with E-state index < -0.39 is 5.41 Å². The van der Waals surface area contributed by atoms with E-state index in [9.17, 15) is 9.59 Å². The number of esters is 1. The average Bonchev–Trinajstić information content (AvgIpc) is 3.20. The van der Waals surface area contributed by atoms with Gasteiger partial charge in [-0.2, -0.15) is 0 Å². The summed E-state index contributed by atoms with van der Waals surface area (Å²) < 4.78 is 10.8. The van der Waals surface area contributed by atoms with Gasteiger partial charge in [-0.05, 0) is 37.9 Å². The van der Waals surface area contributed by atoms with Crippen molar-refractivity contribution in [3.8, 4) is 0 Å². The fourth-order valence-corrected chi connectivity index (χ4v) is 5.77. The normalized spacial score (nSPS) is 37.0. The lowest BCUT2D eigenvalue weighted by Gasteiger charge is -2.48. The van der Waals surface area contributed by atoms with Gasteiger partial charge in [0, 0.05) is 30.1 Å². The van der Waals surface area contributed by atoms with Crippen LogP contribution >= 0.6 is 0 Å². The minimum atomic E-state index is -0.523. The predicted octanol–water partition coefficient (Wildman–Crippen LogP) is 2.06. The molecule has 0 unspecified atom stereocenters. The Morgan fingerprint density at radius 1 is 1.37 bits per heavy atom. The van der Waals surface area contributed by atoms with Crippen LogP contribution in [0.25, 0.3) is 0 Å². The summed E-state index contributed by atoms with van der Waals surface area (Å²) in [6, 6.07) is 8.10. The van der Waals surface area contributed by atoms with Gasteiger partial charge in [-0.25, -0.2) is 4.79 Å². The molecule has 6 heteroatoms. The molecule has 0 saturated carbocycles. The van der Waals surface area contributed by atoms with Crippen LogP contribution < -0.4 is 5.32 Å². The lowest BCUT2D eigenvalue weighted by Crippen LogP contribution is -2.56. The second-order valence-electron chi connectivity index (χ2n) is 8.14. The van der Waals surface area contributed by atoms with E-state index in [-0.39, 0.29) is 35.9 Å². The maximum absolute atomic E-state index is 13.1. The van der Waals surface area contributed by atoms with Gasteiger partial charge < -0.3 is 14.8 Å². The molecule has 5 atom stereocenters. The van der Waals surface area contributed by atoms with Gasteiger partial charge >= 0.3 is 5.97 Å². The summed E-state index contributed by atoms with van der Waals surface area (Å²) in [6.07, 6.45) is 3.20. The minimum Gasteiger partial charge on any atom is -0.497 e. The number of para-hydroxylation sites is 1. The number of rotatable bonds is 1. The number of carbonyl (C=O) groups is 2. The van der Waals surface area contributed by atoms with Crippen molar-refractivity contribution in [2.24, 2.45) is 11.8 Å². The second-order valence-corrected chi connectivity index (χ2v) is 8.14. The lowest BCUT2D eigenvalue weighted by molar-refractivity contribution is -0.139. The Morgan fingerprint density at radius 2 is 2.19 bits per heavy atom. The zero-order valence-electron chi connectivity index (χ0n) is 15.6. The van der Waals surface area contributed by atoms with Crippen LogP contribution in [0.3, 0.4) is 0 Å². The molecule has 6 nitrogen and oxygen atoms in total. The van der Waals surface area contributed by atoms with Crippen LogP contribution in [0.15, 0.2) is 36.1 Å².